The first-order valence-electron chi connectivity index (χ1n) is 7.08. The average molecular weight is 327 g/mol. The standard InChI is InChI=1S/C16H13N3OS2/c20-14(19-16-18-12(9-21-16)10-5-6-10)7-8-15-17-11-3-1-2-4-13(11)22-15/h1-4,7-10H,5-6H2,(H,18,19,20)/b8-7+. The highest BCUT2D eigenvalue weighted by Gasteiger charge is 2.26. The van der Waals surface area contributed by atoms with E-state index in [9.17, 15) is 4.79 Å². The van der Waals surface area contributed by atoms with E-state index in [0.717, 1.165) is 20.9 Å². The van der Waals surface area contributed by atoms with Gasteiger partial charge in [-0.15, -0.1) is 22.7 Å². The smallest absolute Gasteiger partial charge is 0.250 e. The van der Waals surface area contributed by atoms with Crippen molar-refractivity contribution in [2.24, 2.45) is 0 Å². The number of hydrogen-bond donors (Lipinski definition) is 1. The second kappa shape index (κ2) is 5.62. The van der Waals surface area contributed by atoms with Crippen molar-refractivity contribution in [1.82, 2.24) is 9.97 Å². The fourth-order valence-corrected chi connectivity index (χ4v) is 3.83. The summed E-state index contributed by atoms with van der Waals surface area (Å²) < 4.78 is 1.12. The van der Waals surface area contributed by atoms with Crippen LogP contribution in [-0.4, -0.2) is 15.9 Å². The molecule has 0 aliphatic heterocycles. The highest BCUT2D eigenvalue weighted by Crippen LogP contribution is 2.40. The van der Waals surface area contributed by atoms with Crippen molar-refractivity contribution in [3.63, 3.8) is 0 Å². The van der Waals surface area contributed by atoms with Crippen LogP contribution in [0.3, 0.4) is 0 Å². The summed E-state index contributed by atoms with van der Waals surface area (Å²) in [6.45, 7) is 0. The lowest BCUT2D eigenvalue weighted by atomic mass is 10.3. The molecule has 2 aromatic heterocycles. The first-order chi connectivity index (χ1) is 10.8. The highest BCUT2D eigenvalue weighted by molar-refractivity contribution is 7.19. The maximum absolute atomic E-state index is 11.9. The fraction of sp³-hybridized carbons (Fsp3) is 0.188. The van der Waals surface area contributed by atoms with Crippen LogP contribution in [0.2, 0.25) is 0 Å². The van der Waals surface area contributed by atoms with Gasteiger partial charge in [0.2, 0.25) is 5.91 Å². The Kier molecular flexibility index (Phi) is 3.48. The molecule has 0 unspecified atom stereocenters. The predicted molar refractivity (Wildman–Crippen MR) is 91.4 cm³/mol. The number of fused-ring (bicyclic) bond motifs is 1. The zero-order valence-electron chi connectivity index (χ0n) is 11.7. The summed E-state index contributed by atoms with van der Waals surface area (Å²) in [7, 11) is 0. The van der Waals surface area contributed by atoms with Gasteiger partial charge in [-0.05, 0) is 31.1 Å². The van der Waals surface area contributed by atoms with Gasteiger partial charge >= 0.3 is 0 Å². The molecule has 3 aromatic rings. The predicted octanol–water partition coefficient (Wildman–Crippen LogP) is 4.28. The number of nitrogens with one attached hydrogen (secondary N) is 1. The molecule has 1 saturated carbocycles. The number of thiazole rings is 2. The second-order valence-corrected chi connectivity index (χ2v) is 7.11. The minimum Gasteiger partial charge on any atom is -0.298 e. The summed E-state index contributed by atoms with van der Waals surface area (Å²) in [6.07, 6.45) is 5.69. The third-order valence-corrected chi connectivity index (χ3v) is 5.21. The number of amides is 1. The topological polar surface area (TPSA) is 54.9 Å². The molecule has 4 rings (SSSR count). The summed E-state index contributed by atoms with van der Waals surface area (Å²) in [4.78, 5) is 20.8. The van der Waals surface area contributed by atoms with Gasteiger partial charge in [0, 0.05) is 17.4 Å². The molecule has 22 heavy (non-hydrogen) atoms. The zero-order valence-corrected chi connectivity index (χ0v) is 13.3. The molecule has 0 spiro atoms. The van der Waals surface area contributed by atoms with Crippen LogP contribution in [0.4, 0.5) is 5.13 Å². The molecule has 0 atom stereocenters. The van der Waals surface area contributed by atoms with Gasteiger partial charge in [0.15, 0.2) is 5.13 Å². The first kappa shape index (κ1) is 13.6. The Morgan fingerprint density at radius 1 is 1.27 bits per heavy atom. The Morgan fingerprint density at radius 2 is 2.14 bits per heavy atom. The lowest BCUT2D eigenvalue weighted by Gasteiger charge is -1.95. The van der Waals surface area contributed by atoms with Gasteiger partial charge in [-0.25, -0.2) is 9.97 Å². The molecule has 0 bridgehead atoms. The van der Waals surface area contributed by atoms with Gasteiger partial charge in [-0.2, -0.15) is 0 Å². The van der Waals surface area contributed by atoms with Crippen molar-refractivity contribution in [3.05, 3.63) is 46.4 Å². The summed E-state index contributed by atoms with van der Waals surface area (Å²) in [6, 6.07) is 7.94. The van der Waals surface area contributed by atoms with E-state index in [0.29, 0.717) is 11.0 Å². The number of anilines is 1. The number of benzene rings is 1. The average Bonchev–Trinajstić information content (AvgIpc) is 3.12. The van der Waals surface area contributed by atoms with Crippen LogP contribution in [0, 0.1) is 0 Å². The van der Waals surface area contributed by atoms with Crippen molar-refractivity contribution in [2.45, 2.75) is 18.8 Å². The van der Waals surface area contributed by atoms with Crippen LogP contribution in [0.5, 0.6) is 0 Å². The van der Waals surface area contributed by atoms with E-state index < -0.39 is 0 Å². The summed E-state index contributed by atoms with van der Waals surface area (Å²) >= 11 is 3.05. The van der Waals surface area contributed by atoms with Gasteiger partial charge < -0.3 is 0 Å². The molecule has 6 heteroatoms. The second-order valence-electron chi connectivity index (χ2n) is 5.19. The normalized spacial score (nSPS) is 14.7. The Hall–Kier alpha value is -2.05. The van der Waals surface area contributed by atoms with Gasteiger partial charge in [-0.3, -0.25) is 10.1 Å². The van der Waals surface area contributed by atoms with E-state index in [1.54, 1.807) is 17.4 Å². The lowest BCUT2D eigenvalue weighted by molar-refractivity contribution is -0.111. The van der Waals surface area contributed by atoms with Crippen LogP contribution < -0.4 is 5.32 Å². The summed E-state index contributed by atoms with van der Waals surface area (Å²) in [5.74, 6) is 0.441. The molecule has 110 valence electrons. The molecular weight excluding hydrogens is 314 g/mol. The molecule has 1 aromatic carbocycles. The molecule has 4 nitrogen and oxygen atoms in total. The minimum absolute atomic E-state index is 0.170. The van der Waals surface area contributed by atoms with Crippen LogP contribution >= 0.6 is 22.7 Å². The monoisotopic (exact) mass is 327 g/mol. The van der Waals surface area contributed by atoms with E-state index in [4.69, 9.17) is 0 Å². The Morgan fingerprint density at radius 3 is 2.95 bits per heavy atom. The molecule has 0 radical (unpaired) electrons. The van der Waals surface area contributed by atoms with Gasteiger partial charge in [-0.1, -0.05) is 12.1 Å². The molecule has 0 saturated heterocycles. The number of nitrogens with zero attached hydrogens (tertiary/aromatic N) is 2. The highest BCUT2D eigenvalue weighted by atomic mass is 32.1. The van der Waals surface area contributed by atoms with E-state index >= 15 is 0 Å². The Bertz CT molecular complexity index is 828. The molecule has 1 N–H and O–H groups in total. The van der Waals surface area contributed by atoms with Gasteiger partial charge in [0.05, 0.1) is 15.9 Å². The molecule has 1 aliphatic carbocycles. The number of aromatic nitrogens is 2. The van der Waals surface area contributed by atoms with Crippen LogP contribution in [0.15, 0.2) is 35.7 Å². The quantitative estimate of drug-likeness (QED) is 0.728. The van der Waals surface area contributed by atoms with Gasteiger partial charge in [0.1, 0.15) is 5.01 Å². The molecular formula is C16H13N3OS2. The Balaban J connectivity index is 1.43. The number of carbonyl (C=O) groups excluding carboxylic acids is 1. The number of rotatable bonds is 4. The van der Waals surface area contributed by atoms with E-state index in [1.807, 2.05) is 29.6 Å². The van der Waals surface area contributed by atoms with Crippen molar-refractivity contribution < 1.29 is 4.79 Å². The lowest BCUT2D eigenvalue weighted by Crippen LogP contribution is -2.07. The molecule has 1 fully saturated rings. The third kappa shape index (κ3) is 2.93. The van der Waals surface area contributed by atoms with Crippen molar-refractivity contribution in [3.8, 4) is 0 Å². The van der Waals surface area contributed by atoms with Gasteiger partial charge in [0.25, 0.3) is 0 Å². The van der Waals surface area contributed by atoms with Crippen LogP contribution in [0.1, 0.15) is 29.5 Å². The maximum atomic E-state index is 11.9. The number of para-hydroxylation sites is 1. The zero-order chi connectivity index (χ0) is 14.9. The minimum atomic E-state index is -0.170. The molecule has 1 amide bonds. The summed E-state index contributed by atoms with van der Waals surface area (Å²) in [5, 5.41) is 6.34. The fourth-order valence-electron chi connectivity index (χ4n) is 2.17. The number of hydrogen-bond acceptors (Lipinski definition) is 5. The van der Waals surface area contributed by atoms with E-state index in [1.165, 1.54) is 30.3 Å². The van der Waals surface area contributed by atoms with Crippen LogP contribution in [0.25, 0.3) is 16.3 Å². The van der Waals surface area contributed by atoms with E-state index in [2.05, 4.69) is 15.3 Å². The Labute approximate surface area is 135 Å². The largest absolute Gasteiger partial charge is 0.298 e. The SMILES string of the molecule is O=C(/C=C/c1nc2ccccc2s1)Nc1nc(C2CC2)cs1. The molecule has 2 heterocycles. The summed E-state index contributed by atoms with van der Waals surface area (Å²) in [5.41, 5.74) is 2.07. The van der Waals surface area contributed by atoms with Crippen molar-refractivity contribution in [2.75, 3.05) is 5.32 Å². The third-order valence-electron chi connectivity index (χ3n) is 3.44. The van der Waals surface area contributed by atoms with Crippen LogP contribution in [-0.2, 0) is 4.79 Å². The maximum Gasteiger partial charge on any atom is 0.250 e. The van der Waals surface area contributed by atoms with Crippen molar-refractivity contribution in [1.29, 1.82) is 0 Å². The number of carbonyl (C=O) groups is 1. The van der Waals surface area contributed by atoms with Crippen molar-refractivity contribution >= 4 is 50.0 Å². The molecule has 1 aliphatic rings. The first-order valence-corrected chi connectivity index (χ1v) is 8.77. The van der Waals surface area contributed by atoms with E-state index in [-0.39, 0.29) is 5.91 Å².